The number of amides is 1. The summed E-state index contributed by atoms with van der Waals surface area (Å²) in [6.45, 7) is 4.61. The Morgan fingerprint density at radius 3 is 2.65 bits per heavy atom. The van der Waals surface area contributed by atoms with E-state index in [9.17, 15) is 4.79 Å². The zero-order chi connectivity index (χ0) is 14.5. The van der Waals surface area contributed by atoms with E-state index in [1.54, 1.807) is 19.2 Å². The Labute approximate surface area is 118 Å². The fourth-order valence-electron chi connectivity index (χ4n) is 1.96. The summed E-state index contributed by atoms with van der Waals surface area (Å²) in [6, 6.07) is 9.56. The molecule has 0 aliphatic heterocycles. The number of hydrogen-bond acceptors (Lipinski definition) is 3. The van der Waals surface area contributed by atoms with Gasteiger partial charge >= 0.3 is 0 Å². The van der Waals surface area contributed by atoms with Crippen molar-refractivity contribution >= 4 is 5.91 Å². The van der Waals surface area contributed by atoms with E-state index in [1.165, 1.54) is 17.3 Å². The molecule has 0 bridgehead atoms. The maximum atomic E-state index is 12.0. The maximum absolute atomic E-state index is 12.0. The second-order valence-corrected chi connectivity index (χ2v) is 4.70. The molecule has 0 saturated carbocycles. The molecule has 104 valence electrons. The minimum absolute atomic E-state index is 0.139. The number of methoxy groups -OCH3 is 1. The van der Waals surface area contributed by atoms with Gasteiger partial charge in [-0.2, -0.15) is 0 Å². The van der Waals surface area contributed by atoms with E-state index in [0.717, 1.165) is 5.56 Å². The number of hydrogen-bond donors (Lipinski definition) is 1. The van der Waals surface area contributed by atoms with E-state index in [2.05, 4.69) is 23.3 Å². The van der Waals surface area contributed by atoms with Crippen LogP contribution in [0, 0.1) is 13.8 Å². The van der Waals surface area contributed by atoms with Crippen molar-refractivity contribution in [2.75, 3.05) is 7.11 Å². The van der Waals surface area contributed by atoms with Gasteiger partial charge in [-0.15, -0.1) is 0 Å². The Hall–Kier alpha value is -2.36. The van der Waals surface area contributed by atoms with Gasteiger partial charge in [0.15, 0.2) is 0 Å². The molecule has 4 heteroatoms. The van der Waals surface area contributed by atoms with Crippen LogP contribution in [0.15, 0.2) is 36.5 Å². The number of benzene rings is 1. The molecule has 1 heterocycles. The number of ether oxygens (including phenoxy) is 1. The second-order valence-electron chi connectivity index (χ2n) is 4.70. The molecule has 0 fully saturated rings. The van der Waals surface area contributed by atoms with E-state index >= 15 is 0 Å². The van der Waals surface area contributed by atoms with Gasteiger partial charge in [0.2, 0.25) is 5.88 Å². The van der Waals surface area contributed by atoms with E-state index in [1.807, 2.05) is 19.1 Å². The van der Waals surface area contributed by atoms with Gasteiger partial charge in [-0.1, -0.05) is 23.8 Å². The van der Waals surface area contributed by atoms with Gasteiger partial charge in [0, 0.05) is 18.8 Å². The highest BCUT2D eigenvalue weighted by atomic mass is 16.5. The van der Waals surface area contributed by atoms with Crippen molar-refractivity contribution in [3.8, 4) is 5.88 Å². The van der Waals surface area contributed by atoms with Crippen LogP contribution < -0.4 is 10.1 Å². The van der Waals surface area contributed by atoms with Gasteiger partial charge in [0.05, 0.1) is 12.7 Å². The summed E-state index contributed by atoms with van der Waals surface area (Å²) in [4.78, 5) is 16.0. The van der Waals surface area contributed by atoms with Crippen molar-refractivity contribution in [2.24, 2.45) is 0 Å². The van der Waals surface area contributed by atoms with Crippen LogP contribution in [-0.4, -0.2) is 18.0 Å². The Bertz CT molecular complexity index is 606. The lowest BCUT2D eigenvalue weighted by Crippen LogP contribution is -2.23. The van der Waals surface area contributed by atoms with Crippen molar-refractivity contribution in [3.05, 3.63) is 58.8 Å². The molecule has 1 aromatic heterocycles. The van der Waals surface area contributed by atoms with E-state index in [4.69, 9.17) is 4.74 Å². The standard InChI is InChI=1S/C16H18N2O2/c1-11-4-5-13(12(2)8-11)9-18-16(19)14-6-7-15(20-3)17-10-14/h4-8,10H,9H2,1-3H3,(H,18,19). The van der Waals surface area contributed by atoms with Gasteiger partial charge in [0.25, 0.3) is 5.91 Å². The monoisotopic (exact) mass is 270 g/mol. The lowest BCUT2D eigenvalue weighted by molar-refractivity contribution is 0.0950. The predicted octanol–water partition coefficient (Wildman–Crippen LogP) is 2.64. The zero-order valence-electron chi connectivity index (χ0n) is 11.9. The molecule has 1 amide bonds. The molecule has 0 spiro atoms. The molecule has 1 aromatic carbocycles. The fraction of sp³-hybridized carbons (Fsp3) is 0.250. The molecular weight excluding hydrogens is 252 g/mol. The molecule has 2 aromatic rings. The highest BCUT2D eigenvalue weighted by Gasteiger charge is 2.07. The Balaban J connectivity index is 2.00. The lowest BCUT2D eigenvalue weighted by atomic mass is 10.1. The summed E-state index contributed by atoms with van der Waals surface area (Å²) in [5, 5.41) is 2.89. The number of carbonyl (C=O) groups is 1. The largest absolute Gasteiger partial charge is 0.481 e. The van der Waals surface area contributed by atoms with Crippen LogP contribution in [0.3, 0.4) is 0 Å². The number of pyridine rings is 1. The number of aromatic nitrogens is 1. The highest BCUT2D eigenvalue weighted by Crippen LogP contribution is 2.11. The zero-order valence-corrected chi connectivity index (χ0v) is 11.9. The third-order valence-corrected chi connectivity index (χ3v) is 3.15. The average molecular weight is 270 g/mol. The quantitative estimate of drug-likeness (QED) is 0.929. The van der Waals surface area contributed by atoms with Crippen molar-refractivity contribution in [1.82, 2.24) is 10.3 Å². The van der Waals surface area contributed by atoms with Gasteiger partial charge < -0.3 is 10.1 Å². The molecular formula is C16H18N2O2. The van der Waals surface area contributed by atoms with Crippen LogP contribution in [0.2, 0.25) is 0 Å². The van der Waals surface area contributed by atoms with Crippen molar-refractivity contribution in [2.45, 2.75) is 20.4 Å². The fourth-order valence-corrected chi connectivity index (χ4v) is 1.96. The average Bonchev–Trinajstić information content (AvgIpc) is 2.46. The van der Waals surface area contributed by atoms with Crippen molar-refractivity contribution in [1.29, 1.82) is 0 Å². The molecule has 0 unspecified atom stereocenters. The van der Waals surface area contributed by atoms with E-state index < -0.39 is 0 Å². The minimum atomic E-state index is -0.139. The van der Waals surface area contributed by atoms with Crippen LogP contribution in [0.4, 0.5) is 0 Å². The second kappa shape index (κ2) is 6.19. The third kappa shape index (κ3) is 3.35. The van der Waals surface area contributed by atoms with Gasteiger partial charge in [0.1, 0.15) is 0 Å². The number of aryl methyl sites for hydroxylation is 2. The molecule has 0 aliphatic rings. The van der Waals surface area contributed by atoms with Crippen molar-refractivity contribution in [3.63, 3.8) is 0 Å². The van der Waals surface area contributed by atoms with Crippen LogP contribution in [-0.2, 0) is 6.54 Å². The first-order valence-electron chi connectivity index (χ1n) is 6.44. The van der Waals surface area contributed by atoms with Gasteiger partial charge in [-0.25, -0.2) is 4.98 Å². The number of carbonyl (C=O) groups excluding carboxylic acids is 1. The summed E-state index contributed by atoms with van der Waals surface area (Å²) < 4.78 is 4.96. The molecule has 0 radical (unpaired) electrons. The minimum Gasteiger partial charge on any atom is -0.481 e. The summed E-state index contributed by atoms with van der Waals surface area (Å²) in [5.74, 6) is 0.357. The Morgan fingerprint density at radius 1 is 1.25 bits per heavy atom. The van der Waals surface area contributed by atoms with Gasteiger partial charge in [-0.3, -0.25) is 4.79 Å². The lowest BCUT2D eigenvalue weighted by Gasteiger charge is -2.09. The van der Waals surface area contributed by atoms with Crippen molar-refractivity contribution < 1.29 is 9.53 Å². The first-order valence-corrected chi connectivity index (χ1v) is 6.44. The summed E-state index contributed by atoms with van der Waals surface area (Å²) >= 11 is 0. The first-order chi connectivity index (χ1) is 9.60. The highest BCUT2D eigenvalue weighted by molar-refractivity contribution is 5.93. The van der Waals surface area contributed by atoms with Crippen LogP contribution in [0.1, 0.15) is 27.0 Å². The first kappa shape index (κ1) is 14.1. The molecule has 20 heavy (non-hydrogen) atoms. The number of rotatable bonds is 4. The summed E-state index contributed by atoms with van der Waals surface area (Å²) in [6.07, 6.45) is 1.51. The number of nitrogens with one attached hydrogen (secondary N) is 1. The normalized spacial score (nSPS) is 10.2. The predicted molar refractivity (Wildman–Crippen MR) is 77.9 cm³/mol. The smallest absolute Gasteiger partial charge is 0.253 e. The Morgan fingerprint density at radius 2 is 2.05 bits per heavy atom. The topological polar surface area (TPSA) is 51.2 Å². The van der Waals surface area contributed by atoms with Crippen LogP contribution in [0.5, 0.6) is 5.88 Å². The maximum Gasteiger partial charge on any atom is 0.253 e. The van der Waals surface area contributed by atoms with Gasteiger partial charge in [-0.05, 0) is 31.0 Å². The molecule has 0 aliphatic carbocycles. The molecule has 2 rings (SSSR count). The summed E-state index contributed by atoms with van der Waals surface area (Å²) in [7, 11) is 1.54. The SMILES string of the molecule is COc1ccc(C(=O)NCc2ccc(C)cc2C)cn1. The Kier molecular flexibility index (Phi) is 4.35. The molecule has 0 saturated heterocycles. The van der Waals surface area contributed by atoms with Crippen LogP contribution in [0.25, 0.3) is 0 Å². The van der Waals surface area contributed by atoms with Crippen LogP contribution >= 0.6 is 0 Å². The van der Waals surface area contributed by atoms with E-state index in [-0.39, 0.29) is 5.91 Å². The summed E-state index contributed by atoms with van der Waals surface area (Å²) in [5.41, 5.74) is 4.04. The number of nitrogens with zero attached hydrogens (tertiary/aromatic N) is 1. The molecule has 0 atom stereocenters. The van der Waals surface area contributed by atoms with E-state index in [0.29, 0.717) is 18.0 Å². The third-order valence-electron chi connectivity index (χ3n) is 3.15. The molecule has 1 N–H and O–H groups in total. The molecule has 4 nitrogen and oxygen atoms in total.